The highest BCUT2D eigenvalue weighted by Gasteiger charge is 2.18. The van der Waals surface area contributed by atoms with Crippen molar-refractivity contribution in [2.75, 3.05) is 6.54 Å². The second-order valence-corrected chi connectivity index (χ2v) is 7.11. The summed E-state index contributed by atoms with van der Waals surface area (Å²) in [5, 5.41) is 3.44. The first-order valence-corrected chi connectivity index (χ1v) is 9.56. The van der Waals surface area contributed by atoms with E-state index in [1.54, 1.807) is 0 Å². The summed E-state index contributed by atoms with van der Waals surface area (Å²) in [6, 6.07) is 16.8. The molecule has 0 bridgehead atoms. The van der Waals surface area contributed by atoms with Crippen LogP contribution in [0.3, 0.4) is 0 Å². The average molecular weight is 348 g/mol. The Kier molecular flexibility index (Phi) is 5.89. The second-order valence-electron chi connectivity index (χ2n) is 7.11. The van der Waals surface area contributed by atoms with E-state index < -0.39 is 0 Å². The maximum atomic E-state index is 13.1. The van der Waals surface area contributed by atoms with Gasteiger partial charge in [-0.25, -0.2) is 0 Å². The summed E-state index contributed by atoms with van der Waals surface area (Å²) in [4.78, 5) is 13.1. The van der Waals surface area contributed by atoms with Crippen molar-refractivity contribution in [2.24, 2.45) is 0 Å². The predicted octanol–water partition coefficient (Wildman–Crippen LogP) is 4.66. The molecule has 0 fully saturated rings. The molecule has 0 spiro atoms. The van der Waals surface area contributed by atoms with Crippen molar-refractivity contribution in [2.45, 2.75) is 46.1 Å². The van der Waals surface area contributed by atoms with Gasteiger partial charge >= 0.3 is 0 Å². The molecule has 3 heteroatoms. The van der Waals surface area contributed by atoms with Crippen molar-refractivity contribution in [1.82, 2.24) is 9.72 Å². The molecule has 0 aliphatic heterocycles. The van der Waals surface area contributed by atoms with Crippen LogP contribution in [0.5, 0.6) is 0 Å². The lowest BCUT2D eigenvalue weighted by atomic mass is 10.0. The lowest BCUT2D eigenvalue weighted by Crippen LogP contribution is -2.23. The Morgan fingerprint density at radius 1 is 1.12 bits per heavy atom. The van der Waals surface area contributed by atoms with E-state index in [0.717, 1.165) is 48.1 Å². The van der Waals surface area contributed by atoms with Crippen LogP contribution >= 0.6 is 0 Å². The van der Waals surface area contributed by atoms with Gasteiger partial charge in [0.1, 0.15) is 0 Å². The molecule has 0 saturated heterocycles. The molecule has 1 N–H and O–H groups in total. The number of pyridine rings is 1. The molecule has 0 radical (unpaired) electrons. The number of carbonyl (C=O) groups is 1. The van der Waals surface area contributed by atoms with Crippen LogP contribution in [0.1, 0.15) is 54.4 Å². The largest absolute Gasteiger partial charge is 0.315 e. The van der Waals surface area contributed by atoms with E-state index in [1.807, 2.05) is 40.9 Å². The number of aryl methyl sites for hydroxylation is 2. The van der Waals surface area contributed by atoms with E-state index in [2.05, 4.69) is 44.3 Å². The molecule has 0 amide bonds. The molecule has 2 heterocycles. The Hall–Kier alpha value is -2.39. The molecule has 1 aromatic carbocycles. The van der Waals surface area contributed by atoms with Gasteiger partial charge in [0.25, 0.3) is 0 Å². The maximum Gasteiger partial charge on any atom is 0.210 e. The highest BCUT2D eigenvalue weighted by atomic mass is 16.1. The number of ketones is 1. The Balaban J connectivity index is 1.76. The summed E-state index contributed by atoms with van der Waals surface area (Å²) < 4.78 is 2.01. The Bertz CT molecular complexity index is 875. The predicted molar refractivity (Wildman–Crippen MR) is 108 cm³/mol. The fourth-order valence-electron chi connectivity index (χ4n) is 3.35. The Labute approximate surface area is 156 Å². The number of nitrogens with zero attached hydrogens (tertiary/aromatic N) is 1. The minimum absolute atomic E-state index is 0.0982. The molecule has 0 aliphatic carbocycles. The summed E-state index contributed by atoms with van der Waals surface area (Å²) in [7, 11) is 0. The molecule has 0 saturated carbocycles. The van der Waals surface area contributed by atoms with Gasteiger partial charge < -0.3 is 9.72 Å². The standard InChI is InChI=1S/C23H28N2O/c1-4-19-16-21-9-5-6-15-25(21)22(19)23(26)20-12-10-18(11-13-20)8-7-14-24-17(2)3/h5-6,9-13,15-17,24H,4,7-8,14H2,1-3H3. The van der Waals surface area contributed by atoms with Gasteiger partial charge in [-0.1, -0.05) is 51.1 Å². The molecule has 2 aromatic heterocycles. The summed E-state index contributed by atoms with van der Waals surface area (Å²) in [5.41, 5.74) is 5.00. The molecule has 3 nitrogen and oxygen atoms in total. The Morgan fingerprint density at radius 3 is 2.58 bits per heavy atom. The number of carbonyl (C=O) groups excluding carboxylic acids is 1. The molecule has 3 rings (SSSR count). The zero-order valence-corrected chi connectivity index (χ0v) is 16.0. The summed E-state index contributed by atoms with van der Waals surface area (Å²) in [5.74, 6) is 0.0982. The summed E-state index contributed by atoms with van der Waals surface area (Å²) in [6.45, 7) is 7.45. The van der Waals surface area contributed by atoms with Crippen LogP contribution in [0.15, 0.2) is 54.7 Å². The first kappa shape index (κ1) is 18.4. The van der Waals surface area contributed by atoms with E-state index in [0.29, 0.717) is 6.04 Å². The molecular formula is C23H28N2O. The first-order chi connectivity index (χ1) is 12.6. The summed E-state index contributed by atoms with van der Waals surface area (Å²) >= 11 is 0. The van der Waals surface area contributed by atoms with Crippen LogP contribution in [0.4, 0.5) is 0 Å². The SMILES string of the molecule is CCc1cc2ccccn2c1C(=O)c1ccc(CCCNC(C)C)cc1. The van der Waals surface area contributed by atoms with E-state index in [1.165, 1.54) is 5.56 Å². The third-order valence-electron chi connectivity index (χ3n) is 4.77. The smallest absolute Gasteiger partial charge is 0.210 e. The topological polar surface area (TPSA) is 33.5 Å². The maximum absolute atomic E-state index is 13.1. The molecule has 136 valence electrons. The number of hydrogen-bond donors (Lipinski definition) is 1. The van der Waals surface area contributed by atoms with Crippen LogP contribution in [-0.2, 0) is 12.8 Å². The fourth-order valence-corrected chi connectivity index (χ4v) is 3.35. The van der Waals surface area contributed by atoms with Crippen LogP contribution in [0, 0.1) is 0 Å². The number of nitrogens with one attached hydrogen (secondary N) is 1. The molecule has 3 aromatic rings. The highest BCUT2D eigenvalue weighted by molar-refractivity contribution is 6.09. The lowest BCUT2D eigenvalue weighted by Gasteiger charge is -2.08. The zero-order valence-electron chi connectivity index (χ0n) is 16.0. The molecule has 26 heavy (non-hydrogen) atoms. The van der Waals surface area contributed by atoms with Crippen LogP contribution < -0.4 is 5.32 Å². The number of benzene rings is 1. The van der Waals surface area contributed by atoms with Gasteiger partial charge in [0.15, 0.2) is 0 Å². The highest BCUT2D eigenvalue weighted by Crippen LogP contribution is 2.21. The number of fused-ring (bicyclic) bond motifs is 1. The number of aromatic nitrogens is 1. The monoisotopic (exact) mass is 348 g/mol. The second kappa shape index (κ2) is 8.33. The van der Waals surface area contributed by atoms with Gasteiger partial charge in [-0.15, -0.1) is 0 Å². The minimum atomic E-state index is 0.0982. The minimum Gasteiger partial charge on any atom is -0.315 e. The van der Waals surface area contributed by atoms with Gasteiger partial charge in [0.05, 0.1) is 5.69 Å². The van der Waals surface area contributed by atoms with Crippen molar-refractivity contribution >= 4 is 11.3 Å². The number of hydrogen-bond acceptors (Lipinski definition) is 2. The first-order valence-electron chi connectivity index (χ1n) is 9.56. The van der Waals surface area contributed by atoms with Crippen molar-refractivity contribution in [3.8, 4) is 0 Å². The van der Waals surface area contributed by atoms with Crippen molar-refractivity contribution in [3.05, 3.63) is 77.1 Å². The molecule has 0 aliphatic rings. The van der Waals surface area contributed by atoms with Crippen molar-refractivity contribution < 1.29 is 4.79 Å². The van der Waals surface area contributed by atoms with Crippen LogP contribution in [-0.4, -0.2) is 22.8 Å². The van der Waals surface area contributed by atoms with Crippen molar-refractivity contribution in [1.29, 1.82) is 0 Å². The third-order valence-corrected chi connectivity index (χ3v) is 4.77. The quantitative estimate of drug-likeness (QED) is 0.474. The fraction of sp³-hybridized carbons (Fsp3) is 0.348. The van der Waals surface area contributed by atoms with Gasteiger partial charge in [-0.3, -0.25) is 4.79 Å². The molecular weight excluding hydrogens is 320 g/mol. The van der Waals surface area contributed by atoms with Crippen LogP contribution in [0.2, 0.25) is 0 Å². The van der Waals surface area contributed by atoms with Crippen LogP contribution in [0.25, 0.3) is 5.52 Å². The lowest BCUT2D eigenvalue weighted by molar-refractivity contribution is 0.103. The third kappa shape index (κ3) is 4.05. The van der Waals surface area contributed by atoms with E-state index in [9.17, 15) is 4.79 Å². The van der Waals surface area contributed by atoms with E-state index in [4.69, 9.17) is 0 Å². The van der Waals surface area contributed by atoms with Gasteiger partial charge in [-0.05, 0) is 55.1 Å². The number of rotatable bonds is 8. The van der Waals surface area contributed by atoms with Gasteiger partial charge in [0.2, 0.25) is 5.78 Å². The van der Waals surface area contributed by atoms with Gasteiger partial charge in [0, 0.05) is 23.3 Å². The van der Waals surface area contributed by atoms with E-state index in [-0.39, 0.29) is 5.78 Å². The molecule has 0 unspecified atom stereocenters. The Morgan fingerprint density at radius 2 is 1.88 bits per heavy atom. The molecule has 0 atom stereocenters. The van der Waals surface area contributed by atoms with Gasteiger partial charge in [-0.2, -0.15) is 0 Å². The zero-order chi connectivity index (χ0) is 18.5. The normalized spacial score (nSPS) is 11.4. The van der Waals surface area contributed by atoms with Crippen molar-refractivity contribution in [3.63, 3.8) is 0 Å². The average Bonchev–Trinajstić information content (AvgIpc) is 3.03. The summed E-state index contributed by atoms with van der Waals surface area (Å²) in [6.07, 6.45) is 4.96. The van der Waals surface area contributed by atoms with E-state index >= 15 is 0 Å².